The van der Waals surface area contributed by atoms with E-state index in [9.17, 15) is 14.9 Å². The van der Waals surface area contributed by atoms with Gasteiger partial charge in [-0.2, -0.15) is 5.26 Å². The molecule has 2 aromatic carbocycles. The maximum absolute atomic E-state index is 12.8. The zero-order valence-electron chi connectivity index (χ0n) is 18.3. The third-order valence-corrected chi connectivity index (χ3v) is 6.22. The van der Waals surface area contributed by atoms with Crippen LogP contribution < -0.4 is 15.4 Å². The van der Waals surface area contributed by atoms with E-state index in [2.05, 4.69) is 27.6 Å². The number of carbonyl (C=O) groups excluding carboxylic acids is 2. The van der Waals surface area contributed by atoms with Crippen LogP contribution in [-0.4, -0.2) is 41.4 Å². The van der Waals surface area contributed by atoms with Gasteiger partial charge >= 0.3 is 0 Å². The molecule has 2 amide bonds. The van der Waals surface area contributed by atoms with Gasteiger partial charge in [0.1, 0.15) is 11.8 Å². The number of thiazole rings is 1. The lowest BCUT2D eigenvalue weighted by Crippen LogP contribution is -2.30. The highest BCUT2D eigenvalue weighted by atomic mass is 32.1. The van der Waals surface area contributed by atoms with Gasteiger partial charge in [-0.1, -0.05) is 18.2 Å². The first-order valence-electron chi connectivity index (χ1n) is 10.5. The molecule has 9 heteroatoms. The number of carbonyl (C=O) groups is 2. The van der Waals surface area contributed by atoms with Crippen LogP contribution in [0.3, 0.4) is 0 Å². The Morgan fingerprint density at radius 3 is 2.85 bits per heavy atom. The largest absolute Gasteiger partial charge is 0.481 e. The van der Waals surface area contributed by atoms with Crippen molar-refractivity contribution in [3.8, 4) is 11.8 Å². The molecule has 33 heavy (non-hydrogen) atoms. The van der Waals surface area contributed by atoms with Crippen molar-refractivity contribution in [3.05, 3.63) is 70.2 Å². The number of nitriles is 1. The van der Waals surface area contributed by atoms with Crippen molar-refractivity contribution in [1.82, 2.24) is 9.88 Å². The van der Waals surface area contributed by atoms with Crippen molar-refractivity contribution in [2.24, 2.45) is 0 Å². The highest BCUT2D eigenvalue weighted by Crippen LogP contribution is 2.28. The standard InChI is InChI=1S/C24H23N5O3S/c1-15(22(30)26-19-9-4-3-6-17(19)13-25)32-18-8-5-7-16(12-18)23(31)28-24-27-20-10-11-29(2)14-21(20)33-24/h3-9,12,15H,10-11,14H2,1-2H3,(H,26,30)(H,27,28,31). The number of ether oxygens (including phenoxy) is 1. The van der Waals surface area contributed by atoms with Gasteiger partial charge in [-0.25, -0.2) is 4.98 Å². The molecule has 0 saturated carbocycles. The van der Waals surface area contributed by atoms with Gasteiger partial charge in [-0.15, -0.1) is 11.3 Å². The molecule has 168 valence electrons. The van der Waals surface area contributed by atoms with Gasteiger partial charge in [0.2, 0.25) is 0 Å². The molecule has 0 spiro atoms. The molecule has 1 atom stereocenters. The quantitative estimate of drug-likeness (QED) is 0.580. The van der Waals surface area contributed by atoms with E-state index in [1.165, 1.54) is 16.2 Å². The summed E-state index contributed by atoms with van der Waals surface area (Å²) in [7, 11) is 2.07. The normalized spacial score (nSPS) is 14.0. The number of nitrogens with one attached hydrogen (secondary N) is 2. The predicted octanol–water partition coefficient (Wildman–Crippen LogP) is 3.66. The predicted molar refractivity (Wildman–Crippen MR) is 126 cm³/mol. The summed E-state index contributed by atoms with van der Waals surface area (Å²) in [5.74, 6) is -0.301. The van der Waals surface area contributed by atoms with Gasteiger partial charge in [-0.3, -0.25) is 14.9 Å². The fourth-order valence-electron chi connectivity index (χ4n) is 3.44. The Morgan fingerprint density at radius 1 is 1.21 bits per heavy atom. The SMILES string of the molecule is CC(Oc1cccc(C(=O)Nc2nc3c(s2)CN(C)CC3)c1)C(=O)Nc1ccccc1C#N. The van der Waals surface area contributed by atoms with Gasteiger partial charge in [0.05, 0.1) is 16.9 Å². The van der Waals surface area contributed by atoms with Gasteiger partial charge in [0, 0.05) is 30.0 Å². The van der Waals surface area contributed by atoms with Crippen LogP contribution in [0.25, 0.3) is 0 Å². The summed E-state index contributed by atoms with van der Waals surface area (Å²) in [5.41, 5.74) is 2.24. The minimum absolute atomic E-state index is 0.292. The summed E-state index contributed by atoms with van der Waals surface area (Å²) in [4.78, 5) is 33.2. The van der Waals surface area contributed by atoms with Gasteiger partial charge in [0.25, 0.3) is 11.8 Å². The van der Waals surface area contributed by atoms with Crippen LogP contribution in [0.2, 0.25) is 0 Å². The minimum Gasteiger partial charge on any atom is -0.481 e. The molecular weight excluding hydrogens is 438 g/mol. The molecule has 0 radical (unpaired) electrons. The number of para-hydroxylation sites is 1. The molecule has 0 aliphatic carbocycles. The fourth-order valence-corrected chi connectivity index (χ4v) is 4.52. The molecule has 4 rings (SSSR count). The smallest absolute Gasteiger partial charge is 0.265 e. The molecular formula is C24H23N5O3S. The summed E-state index contributed by atoms with van der Waals surface area (Å²) in [6, 6.07) is 15.4. The molecule has 1 unspecified atom stereocenters. The molecule has 2 N–H and O–H groups in total. The average Bonchev–Trinajstić information content (AvgIpc) is 3.20. The van der Waals surface area contributed by atoms with E-state index in [0.717, 1.165) is 25.2 Å². The number of rotatable bonds is 6. The highest BCUT2D eigenvalue weighted by molar-refractivity contribution is 7.15. The number of benzene rings is 2. The summed E-state index contributed by atoms with van der Waals surface area (Å²) in [6.45, 7) is 3.40. The Hall–Kier alpha value is -3.74. The number of amides is 2. The van der Waals surface area contributed by atoms with Crippen LogP contribution in [-0.2, 0) is 17.8 Å². The summed E-state index contributed by atoms with van der Waals surface area (Å²) < 4.78 is 5.75. The maximum Gasteiger partial charge on any atom is 0.265 e. The number of hydrogen-bond donors (Lipinski definition) is 2. The Balaban J connectivity index is 1.39. The first-order valence-corrected chi connectivity index (χ1v) is 11.3. The van der Waals surface area contributed by atoms with Gasteiger partial charge in [0.15, 0.2) is 11.2 Å². The van der Waals surface area contributed by atoms with Crippen molar-refractivity contribution >= 4 is 34.0 Å². The number of anilines is 2. The van der Waals surface area contributed by atoms with E-state index in [0.29, 0.717) is 27.7 Å². The summed E-state index contributed by atoms with van der Waals surface area (Å²) >= 11 is 1.49. The third kappa shape index (κ3) is 5.37. The van der Waals surface area contributed by atoms with Crippen molar-refractivity contribution in [2.75, 3.05) is 24.2 Å². The zero-order valence-corrected chi connectivity index (χ0v) is 19.1. The molecule has 1 aromatic heterocycles. The third-order valence-electron chi connectivity index (χ3n) is 5.23. The Kier molecular flexibility index (Phi) is 6.68. The maximum atomic E-state index is 12.8. The van der Waals surface area contributed by atoms with E-state index >= 15 is 0 Å². The number of hydrogen-bond acceptors (Lipinski definition) is 7. The second kappa shape index (κ2) is 9.81. The molecule has 1 aliphatic rings. The molecule has 2 heterocycles. The van der Waals surface area contributed by atoms with Gasteiger partial charge in [-0.05, 0) is 44.3 Å². The minimum atomic E-state index is -0.835. The molecule has 8 nitrogen and oxygen atoms in total. The topological polar surface area (TPSA) is 107 Å². The van der Waals surface area contributed by atoms with E-state index < -0.39 is 12.0 Å². The highest BCUT2D eigenvalue weighted by Gasteiger charge is 2.20. The van der Waals surface area contributed by atoms with Crippen LogP contribution in [0.15, 0.2) is 48.5 Å². The van der Waals surface area contributed by atoms with Crippen molar-refractivity contribution in [3.63, 3.8) is 0 Å². The van der Waals surface area contributed by atoms with Crippen molar-refractivity contribution < 1.29 is 14.3 Å². The van der Waals surface area contributed by atoms with E-state index in [1.54, 1.807) is 55.5 Å². The Morgan fingerprint density at radius 2 is 2.03 bits per heavy atom. The van der Waals surface area contributed by atoms with Crippen LogP contribution in [0, 0.1) is 11.3 Å². The summed E-state index contributed by atoms with van der Waals surface area (Å²) in [6.07, 6.45) is 0.0399. The number of fused-ring (bicyclic) bond motifs is 1. The molecule has 0 saturated heterocycles. The van der Waals surface area contributed by atoms with Crippen molar-refractivity contribution in [2.45, 2.75) is 26.0 Å². The average molecular weight is 462 g/mol. The van der Waals surface area contributed by atoms with Crippen LogP contribution >= 0.6 is 11.3 Å². The lowest BCUT2D eigenvalue weighted by molar-refractivity contribution is -0.122. The first kappa shape index (κ1) is 22.5. The van der Waals surface area contributed by atoms with Gasteiger partial charge < -0.3 is 15.0 Å². The second-order valence-electron chi connectivity index (χ2n) is 7.77. The number of nitrogens with zero attached hydrogens (tertiary/aromatic N) is 3. The van der Waals surface area contributed by atoms with Crippen molar-refractivity contribution in [1.29, 1.82) is 5.26 Å². The molecule has 0 fully saturated rings. The fraction of sp³-hybridized carbons (Fsp3) is 0.250. The number of likely N-dealkylation sites (N-methyl/N-ethyl adjacent to an activating group) is 1. The van der Waals surface area contributed by atoms with Crippen LogP contribution in [0.1, 0.15) is 33.4 Å². The lowest BCUT2D eigenvalue weighted by Gasteiger charge is -2.20. The zero-order chi connectivity index (χ0) is 23.4. The number of aromatic nitrogens is 1. The van der Waals surface area contributed by atoms with Crippen LogP contribution in [0.5, 0.6) is 5.75 Å². The van der Waals surface area contributed by atoms with E-state index in [4.69, 9.17) is 4.74 Å². The molecule has 3 aromatic rings. The second-order valence-corrected chi connectivity index (χ2v) is 8.85. The monoisotopic (exact) mass is 461 g/mol. The summed E-state index contributed by atoms with van der Waals surface area (Å²) in [5, 5.41) is 15.3. The lowest BCUT2D eigenvalue weighted by atomic mass is 10.2. The Bertz CT molecular complexity index is 1230. The Labute approximate surface area is 195 Å². The first-order chi connectivity index (χ1) is 15.9. The van der Waals surface area contributed by atoms with Crippen LogP contribution in [0.4, 0.5) is 10.8 Å². The van der Waals surface area contributed by atoms with E-state index in [1.807, 2.05) is 6.07 Å². The van der Waals surface area contributed by atoms with E-state index in [-0.39, 0.29) is 5.91 Å². The molecule has 0 bridgehead atoms. The molecule has 1 aliphatic heterocycles.